The van der Waals surface area contributed by atoms with Gasteiger partial charge in [-0.3, -0.25) is 4.79 Å². The molecule has 0 bridgehead atoms. The van der Waals surface area contributed by atoms with E-state index in [1.807, 2.05) is 6.07 Å². The lowest BCUT2D eigenvalue weighted by Crippen LogP contribution is -2.24. The Balaban J connectivity index is 1.68. The first-order chi connectivity index (χ1) is 9.31. The molecule has 0 aliphatic heterocycles. The Hall–Kier alpha value is -1.39. The average Bonchev–Trinajstić information content (AvgIpc) is 3.05. The fourth-order valence-electron chi connectivity index (χ4n) is 2.26. The van der Waals surface area contributed by atoms with Gasteiger partial charge in [0, 0.05) is 21.3 Å². The van der Waals surface area contributed by atoms with Crippen LogP contribution in [0.5, 0.6) is 0 Å². The molecule has 3 aromatic rings. The largest absolute Gasteiger partial charge is 0.351 e. The van der Waals surface area contributed by atoms with E-state index in [0.29, 0.717) is 0 Å². The molecule has 19 heavy (non-hydrogen) atoms. The van der Waals surface area contributed by atoms with Gasteiger partial charge >= 0.3 is 0 Å². The second kappa shape index (κ2) is 4.32. The fourth-order valence-corrected chi connectivity index (χ4v) is 4.70. The Bertz CT molecular complexity index is 767. The molecule has 96 valence electrons. The van der Waals surface area contributed by atoms with Crippen LogP contribution in [0, 0.1) is 5.92 Å². The van der Waals surface area contributed by atoms with Crippen molar-refractivity contribution >= 4 is 48.1 Å². The van der Waals surface area contributed by atoms with E-state index >= 15 is 0 Å². The van der Waals surface area contributed by atoms with E-state index in [2.05, 4.69) is 29.6 Å². The topological polar surface area (TPSA) is 29.1 Å². The summed E-state index contributed by atoms with van der Waals surface area (Å²) in [4.78, 5) is 12.9. The highest BCUT2D eigenvalue weighted by atomic mass is 32.1. The highest BCUT2D eigenvalue weighted by Crippen LogP contribution is 2.39. The zero-order valence-corrected chi connectivity index (χ0v) is 11.9. The second-order valence-corrected chi connectivity index (χ2v) is 7.19. The first-order valence-electron chi connectivity index (χ1n) is 6.50. The summed E-state index contributed by atoms with van der Waals surface area (Å²) in [5.41, 5.74) is 0. The molecule has 1 fully saturated rings. The van der Waals surface area contributed by atoms with Crippen molar-refractivity contribution in [2.45, 2.75) is 12.8 Å². The fraction of sp³-hybridized carbons (Fsp3) is 0.267. The van der Waals surface area contributed by atoms with Gasteiger partial charge in [0.1, 0.15) is 0 Å². The number of fused-ring (bicyclic) bond motifs is 3. The molecule has 1 amide bonds. The molecule has 1 aromatic carbocycles. The molecule has 2 heterocycles. The number of nitrogens with one attached hydrogen (secondary N) is 1. The Kier molecular flexibility index (Phi) is 2.60. The maximum Gasteiger partial charge on any atom is 0.261 e. The van der Waals surface area contributed by atoms with Crippen molar-refractivity contribution in [1.29, 1.82) is 0 Å². The predicted octanol–water partition coefficient (Wildman–Crippen LogP) is 4.26. The minimum absolute atomic E-state index is 0.0874. The van der Waals surface area contributed by atoms with E-state index in [1.54, 1.807) is 22.7 Å². The second-order valence-electron chi connectivity index (χ2n) is 5.06. The van der Waals surface area contributed by atoms with E-state index in [9.17, 15) is 4.79 Å². The zero-order valence-electron chi connectivity index (χ0n) is 10.3. The van der Waals surface area contributed by atoms with Gasteiger partial charge < -0.3 is 5.32 Å². The SMILES string of the molecule is O=C(NCC1CC1)c1cc2sc3ccccc3c2s1. The van der Waals surface area contributed by atoms with Crippen molar-refractivity contribution in [3.05, 3.63) is 35.2 Å². The summed E-state index contributed by atoms with van der Waals surface area (Å²) in [5.74, 6) is 0.815. The van der Waals surface area contributed by atoms with Crippen LogP contribution >= 0.6 is 22.7 Å². The van der Waals surface area contributed by atoms with Crippen molar-refractivity contribution in [3.8, 4) is 0 Å². The first kappa shape index (κ1) is 11.4. The summed E-state index contributed by atoms with van der Waals surface area (Å²) in [6, 6.07) is 10.4. The molecular weight excluding hydrogens is 274 g/mol. The van der Waals surface area contributed by atoms with Gasteiger partial charge in [-0.1, -0.05) is 18.2 Å². The van der Waals surface area contributed by atoms with Crippen LogP contribution in [-0.2, 0) is 0 Å². The van der Waals surface area contributed by atoms with Gasteiger partial charge in [-0.2, -0.15) is 0 Å². The molecule has 2 nitrogen and oxygen atoms in total. The number of carbonyl (C=O) groups is 1. The minimum Gasteiger partial charge on any atom is -0.351 e. The first-order valence-corrected chi connectivity index (χ1v) is 8.14. The van der Waals surface area contributed by atoms with Crippen LogP contribution in [0.25, 0.3) is 19.5 Å². The number of hydrogen-bond acceptors (Lipinski definition) is 3. The summed E-state index contributed by atoms with van der Waals surface area (Å²) < 4.78 is 3.77. The quantitative estimate of drug-likeness (QED) is 0.766. The number of carbonyl (C=O) groups excluding carboxylic acids is 1. The van der Waals surface area contributed by atoms with E-state index in [-0.39, 0.29) is 5.91 Å². The van der Waals surface area contributed by atoms with Crippen LogP contribution in [0.2, 0.25) is 0 Å². The average molecular weight is 287 g/mol. The maximum atomic E-state index is 12.1. The van der Waals surface area contributed by atoms with E-state index in [4.69, 9.17) is 0 Å². The van der Waals surface area contributed by atoms with Crippen molar-refractivity contribution in [1.82, 2.24) is 5.32 Å². The van der Waals surface area contributed by atoms with Crippen LogP contribution < -0.4 is 5.32 Å². The molecule has 1 aliphatic carbocycles. The summed E-state index contributed by atoms with van der Waals surface area (Å²) in [5, 5.41) is 4.31. The van der Waals surface area contributed by atoms with Crippen LogP contribution in [-0.4, -0.2) is 12.5 Å². The molecule has 1 aliphatic rings. The highest BCUT2D eigenvalue weighted by molar-refractivity contribution is 7.33. The van der Waals surface area contributed by atoms with Gasteiger partial charge in [0.25, 0.3) is 5.91 Å². The monoisotopic (exact) mass is 287 g/mol. The van der Waals surface area contributed by atoms with E-state index < -0.39 is 0 Å². The Labute approximate surface area is 119 Å². The van der Waals surface area contributed by atoms with Gasteiger partial charge in [0.05, 0.1) is 9.58 Å². The van der Waals surface area contributed by atoms with E-state index in [1.165, 1.54) is 32.3 Å². The van der Waals surface area contributed by atoms with Crippen molar-refractivity contribution in [2.24, 2.45) is 5.92 Å². The van der Waals surface area contributed by atoms with Crippen LogP contribution in [0.4, 0.5) is 0 Å². The Morgan fingerprint density at radius 3 is 2.89 bits per heavy atom. The Morgan fingerprint density at radius 2 is 2.05 bits per heavy atom. The predicted molar refractivity (Wildman–Crippen MR) is 82.3 cm³/mol. The lowest BCUT2D eigenvalue weighted by molar-refractivity contribution is 0.0956. The molecule has 2 aromatic heterocycles. The zero-order chi connectivity index (χ0) is 12.8. The standard InChI is InChI=1S/C15H13NOS2/c17-15(16-8-9-5-6-9)13-7-12-14(19-13)10-3-1-2-4-11(10)18-12/h1-4,7,9H,5-6,8H2,(H,16,17). The van der Waals surface area contributed by atoms with Crippen LogP contribution in [0.1, 0.15) is 22.5 Å². The van der Waals surface area contributed by atoms with Gasteiger partial charge in [-0.25, -0.2) is 0 Å². The smallest absolute Gasteiger partial charge is 0.261 e. The van der Waals surface area contributed by atoms with Crippen molar-refractivity contribution in [3.63, 3.8) is 0 Å². The molecule has 4 rings (SSSR count). The third-order valence-electron chi connectivity index (χ3n) is 3.52. The summed E-state index contributed by atoms with van der Waals surface area (Å²) in [6.45, 7) is 0.838. The number of amides is 1. The number of thiophene rings is 2. The normalized spacial score (nSPS) is 15.2. The van der Waals surface area contributed by atoms with Crippen molar-refractivity contribution < 1.29 is 4.79 Å². The van der Waals surface area contributed by atoms with Crippen LogP contribution in [0.3, 0.4) is 0 Å². The lowest BCUT2D eigenvalue weighted by atomic mass is 10.2. The molecule has 0 unspecified atom stereocenters. The summed E-state index contributed by atoms with van der Waals surface area (Å²) >= 11 is 3.38. The number of hydrogen-bond donors (Lipinski definition) is 1. The molecule has 1 N–H and O–H groups in total. The summed E-state index contributed by atoms with van der Waals surface area (Å²) in [6.07, 6.45) is 2.54. The van der Waals surface area contributed by atoms with Gasteiger partial charge in [0.15, 0.2) is 0 Å². The molecule has 4 heteroatoms. The summed E-state index contributed by atoms with van der Waals surface area (Å²) in [7, 11) is 0. The maximum absolute atomic E-state index is 12.1. The van der Waals surface area contributed by atoms with Gasteiger partial charge in [-0.15, -0.1) is 22.7 Å². The molecule has 0 radical (unpaired) electrons. The third-order valence-corrected chi connectivity index (χ3v) is 5.94. The van der Waals surface area contributed by atoms with Gasteiger partial charge in [-0.05, 0) is 30.9 Å². The van der Waals surface area contributed by atoms with Crippen LogP contribution in [0.15, 0.2) is 30.3 Å². The third kappa shape index (κ3) is 2.05. The van der Waals surface area contributed by atoms with Gasteiger partial charge in [0.2, 0.25) is 0 Å². The van der Waals surface area contributed by atoms with Crippen molar-refractivity contribution in [2.75, 3.05) is 6.54 Å². The highest BCUT2D eigenvalue weighted by Gasteiger charge is 2.22. The Morgan fingerprint density at radius 1 is 1.21 bits per heavy atom. The molecule has 0 saturated heterocycles. The molecule has 0 spiro atoms. The molecule has 1 saturated carbocycles. The molecule has 0 atom stereocenters. The van der Waals surface area contributed by atoms with E-state index in [0.717, 1.165) is 17.3 Å². The number of rotatable bonds is 3. The number of benzene rings is 1. The minimum atomic E-state index is 0.0874. The molecular formula is C15H13NOS2. The lowest BCUT2D eigenvalue weighted by Gasteiger charge is -2.00.